The lowest BCUT2D eigenvalue weighted by Crippen LogP contribution is -2.34. The molecule has 1 saturated heterocycles. The third-order valence-electron chi connectivity index (χ3n) is 6.31. The van der Waals surface area contributed by atoms with Gasteiger partial charge in [-0.3, -0.25) is 9.10 Å². The van der Waals surface area contributed by atoms with Crippen LogP contribution < -0.4 is 19.3 Å². The van der Waals surface area contributed by atoms with Gasteiger partial charge in [-0.2, -0.15) is 0 Å². The zero-order chi connectivity index (χ0) is 24.7. The molecule has 2 aromatic carbocycles. The van der Waals surface area contributed by atoms with E-state index in [9.17, 15) is 13.2 Å². The second-order valence-corrected chi connectivity index (χ2v) is 11.1. The first-order valence-electron chi connectivity index (χ1n) is 11.9. The predicted octanol–water partition coefficient (Wildman–Crippen LogP) is 4.36. The number of sulfonamides is 1. The van der Waals surface area contributed by atoms with E-state index < -0.39 is 10.0 Å². The zero-order valence-electron chi connectivity index (χ0n) is 20.7. The molecule has 0 aliphatic carbocycles. The normalized spacial score (nSPS) is 17.2. The molecule has 1 aliphatic heterocycles. The molecule has 1 fully saturated rings. The molecular weight excluding hydrogens is 450 g/mol. The summed E-state index contributed by atoms with van der Waals surface area (Å²) in [5, 5.41) is 3.03. The summed E-state index contributed by atoms with van der Waals surface area (Å²) in [5.41, 5.74) is 2.75. The van der Waals surface area contributed by atoms with Crippen molar-refractivity contribution in [2.24, 2.45) is 5.92 Å². The van der Waals surface area contributed by atoms with E-state index in [1.807, 2.05) is 6.92 Å². The van der Waals surface area contributed by atoms with E-state index in [1.165, 1.54) is 29.9 Å². The molecule has 0 radical (unpaired) electrons. The second-order valence-electron chi connectivity index (χ2n) is 9.18. The number of carbonyl (C=O) groups excluding carboxylic acids is 1. The standard InChI is InChI=1S/C26H37N3O4S/c1-20-9-7-17-28(19-20)23-15-13-22(14-16-23)21(2)27-26(30)12-8-18-29(34(4,31)32)24-10-5-6-11-25(24)33-3/h5-6,10-11,13-16,20-21H,7-9,12,17-19H2,1-4H3,(H,27,30)/t20-,21-/m0/s1. The summed E-state index contributed by atoms with van der Waals surface area (Å²) in [6.07, 6.45) is 4.31. The molecule has 3 rings (SSSR count). The maximum absolute atomic E-state index is 12.6. The maximum atomic E-state index is 12.6. The summed E-state index contributed by atoms with van der Waals surface area (Å²) in [5.74, 6) is 1.09. The quantitative estimate of drug-likeness (QED) is 0.539. The van der Waals surface area contributed by atoms with Crippen LogP contribution in [0.5, 0.6) is 5.75 Å². The molecule has 0 aromatic heterocycles. The fourth-order valence-corrected chi connectivity index (χ4v) is 5.45. The van der Waals surface area contributed by atoms with E-state index in [4.69, 9.17) is 4.74 Å². The first-order chi connectivity index (χ1) is 16.2. The van der Waals surface area contributed by atoms with Crippen LogP contribution in [0, 0.1) is 5.92 Å². The van der Waals surface area contributed by atoms with Crippen molar-refractivity contribution in [3.8, 4) is 5.75 Å². The molecule has 1 amide bonds. The molecule has 186 valence electrons. The number of ether oxygens (including phenoxy) is 1. The van der Waals surface area contributed by atoms with Gasteiger partial charge in [-0.1, -0.05) is 31.2 Å². The number of nitrogens with zero attached hydrogens (tertiary/aromatic N) is 2. The van der Waals surface area contributed by atoms with Gasteiger partial charge in [0.25, 0.3) is 0 Å². The van der Waals surface area contributed by atoms with Crippen LogP contribution in [-0.4, -0.2) is 47.3 Å². The Morgan fingerprint density at radius 2 is 1.91 bits per heavy atom. The molecule has 2 atom stereocenters. The highest BCUT2D eigenvalue weighted by Gasteiger charge is 2.21. The van der Waals surface area contributed by atoms with Crippen molar-refractivity contribution in [2.45, 2.75) is 45.6 Å². The molecule has 2 aromatic rings. The highest BCUT2D eigenvalue weighted by Crippen LogP contribution is 2.30. The van der Waals surface area contributed by atoms with Gasteiger partial charge in [0.05, 0.1) is 25.1 Å². The van der Waals surface area contributed by atoms with E-state index in [0.29, 0.717) is 23.8 Å². The number of para-hydroxylation sites is 2. The van der Waals surface area contributed by atoms with Crippen LogP contribution >= 0.6 is 0 Å². The first-order valence-corrected chi connectivity index (χ1v) is 13.8. The topological polar surface area (TPSA) is 79.0 Å². The molecule has 8 heteroatoms. The molecule has 0 saturated carbocycles. The summed E-state index contributed by atoms with van der Waals surface area (Å²) < 4.78 is 31.3. The van der Waals surface area contributed by atoms with Crippen molar-refractivity contribution in [2.75, 3.05) is 42.2 Å². The fraction of sp³-hybridized carbons (Fsp3) is 0.500. The zero-order valence-corrected chi connectivity index (χ0v) is 21.5. The van der Waals surface area contributed by atoms with E-state index in [0.717, 1.165) is 24.9 Å². The Labute approximate surface area is 204 Å². The van der Waals surface area contributed by atoms with E-state index in [1.54, 1.807) is 24.3 Å². The molecule has 7 nitrogen and oxygen atoms in total. The third-order valence-corrected chi connectivity index (χ3v) is 7.49. The van der Waals surface area contributed by atoms with Crippen LogP contribution in [0.25, 0.3) is 0 Å². The average molecular weight is 488 g/mol. The number of amides is 1. The van der Waals surface area contributed by atoms with Gasteiger partial charge in [-0.25, -0.2) is 8.42 Å². The van der Waals surface area contributed by atoms with Crippen molar-refractivity contribution in [3.05, 3.63) is 54.1 Å². The van der Waals surface area contributed by atoms with Crippen molar-refractivity contribution in [1.82, 2.24) is 5.32 Å². The van der Waals surface area contributed by atoms with E-state index in [2.05, 4.69) is 41.4 Å². The van der Waals surface area contributed by atoms with E-state index in [-0.39, 0.29) is 24.9 Å². The largest absolute Gasteiger partial charge is 0.495 e. The molecule has 0 spiro atoms. The van der Waals surface area contributed by atoms with Crippen LogP contribution in [0.4, 0.5) is 11.4 Å². The highest BCUT2D eigenvalue weighted by atomic mass is 32.2. The Balaban J connectivity index is 1.53. The molecule has 0 bridgehead atoms. The summed E-state index contributed by atoms with van der Waals surface area (Å²) in [6.45, 7) is 6.64. The molecule has 1 aliphatic rings. The third kappa shape index (κ3) is 6.88. The van der Waals surface area contributed by atoms with Crippen molar-refractivity contribution >= 4 is 27.3 Å². The minimum atomic E-state index is -3.51. The van der Waals surface area contributed by atoms with Crippen LogP contribution in [-0.2, 0) is 14.8 Å². The molecular formula is C26H37N3O4S. The average Bonchev–Trinajstić information content (AvgIpc) is 2.81. The van der Waals surface area contributed by atoms with Crippen LogP contribution in [0.15, 0.2) is 48.5 Å². The Kier molecular flexibility index (Phi) is 8.83. The predicted molar refractivity (Wildman–Crippen MR) is 138 cm³/mol. The summed E-state index contributed by atoms with van der Waals surface area (Å²) in [7, 11) is -2.01. The van der Waals surface area contributed by atoms with Gasteiger partial charge in [-0.05, 0) is 61.9 Å². The lowest BCUT2D eigenvalue weighted by Gasteiger charge is -2.33. The Morgan fingerprint density at radius 1 is 1.21 bits per heavy atom. The second kappa shape index (κ2) is 11.6. The number of nitrogens with one attached hydrogen (secondary N) is 1. The highest BCUT2D eigenvalue weighted by molar-refractivity contribution is 7.92. The molecule has 0 unspecified atom stereocenters. The van der Waals surface area contributed by atoms with Crippen LogP contribution in [0.2, 0.25) is 0 Å². The number of hydrogen-bond donors (Lipinski definition) is 1. The number of methoxy groups -OCH3 is 1. The van der Waals surface area contributed by atoms with Gasteiger partial charge in [0.1, 0.15) is 5.75 Å². The Hall–Kier alpha value is -2.74. The fourth-order valence-electron chi connectivity index (χ4n) is 4.48. The van der Waals surface area contributed by atoms with Gasteiger partial charge in [0, 0.05) is 31.7 Å². The number of rotatable bonds is 10. The van der Waals surface area contributed by atoms with Crippen molar-refractivity contribution < 1.29 is 17.9 Å². The van der Waals surface area contributed by atoms with Gasteiger partial charge in [-0.15, -0.1) is 0 Å². The lowest BCUT2D eigenvalue weighted by molar-refractivity contribution is -0.121. The molecule has 1 N–H and O–H groups in total. The van der Waals surface area contributed by atoms with Crippen LogP contribution in [0.1, 0.15) is 51.1 Å². The van der Waals surface area contributed by atoms with Crippen molar-refractivity contribution in [3.63, 3.8) is 0 Å². The molecule has 34 heavy (non-hydrogen) atoms. The summed E-state index contributed by atoms with van der Waals surface area (Å²) in [6, 6.07) is 15.3. The Morgan fingerprint density at radius 3 is 2.56 bits per heavy atom. The van der Waals surface area contributed by atoms with Crippen LogP contribution in [0.3, 0.4) is 0 Å². The summed E-state index contributed by atoms with van der Waals surface area (Å²) >= 11 is 0. The minimum Gasteiger partial charge on any atom is -0.495 e. The minimum absolute atomic E-state index is 0.102. The number of benzene rings is 2. The lowest BCUT2D eigenvalue weighted by atomic mass is 9.99. The summed E-state index contributed by atoms with van der Waals surface area (Å²) in [4.78, 5) is 15.0. The monoisotopic (exact) mass is 487 g/mol. The van der Waals surface area contributed by atoms with Gasteiger partial charge in [0.2, 0.25) is 15.9 Å². The van der Waals surface area contributed by atoms with Gasteiger partial charge >= 0.3 is 0 Å². The van der Waals surface area contributed by atoms with E-state index >= 15 is 0 Å². The number of hydrogen-bond acceptors (Lipinski definition) is 5. The first kappa shape index (κ1) is 25.9. The van der Waals surface area contributed by atoms with Gasteiger partial charge < -0.3 is 15.0 Å². The maximum Gasteiger partial charge on any atom is 0.232 e. The Bertz CT molecular complexity index is 1060. The SMILES string of the molecule is COc1ccccc1N(CCCC(=O)N[C@@H](C)c1ccc(N2CCC[C@H](C)C2)cc1)S(C)(=O)=O. The smallest absolute Gasteiger partial charge is 0.232 e. The number of anilines is 2. The molecule has 1 heterocycles. The van der Waals surface area contributed by atoms with Gasteiger partial charge in [0.15, 0.2) is 0 Å². The van der Waals surface area contributed by atoms with Crippen molar-refractivity contribution in [1.29, 1.82) is 0 Å². The number of piperidine rings is 1. The number of carbonyl (C=O) groups is 1.